The molecule has 29 heavy (non-hydrogen) atoms. The highest BCUT2D eigenvalue weighted by Gasteiger charge is 2.27. The van der Waals surface area contributed by atoms with Gasteiger partial charge in [0.15, 0.2) is 5.65 Å². The maximum atomic E-state index is 12.7. The number of fused-ring (bicyclic) bond motifs is 1. The van der Waals surface area contributed by atoms with Crippen molar-refractivity contribution in [3.05, 3.63) is 22.5 Å². The number of piperidine rings is 1. The Morgan fingerprint density at radius 2 is 1.72 bits per heavy atom. The van der Waals surface area contributed by atoms with Gasteiger partial charge in [0.2, 0.25) is 11.8 Å². The zero-order valence-electron chi connectivity index (χ0n) is 18.5. The Hall–Kier alpha value is -2.44. The standard InChI is InChI=1S/C22H33N5O2/c1-13-17(7-8-18(28)26-11-9-16(10-12-26)20(23)29)14(2)24-21-19(13)15(3)25-27(21)22(4,5)6/h16H,7-12H2,1-6H3,(H2,23,29). The van der Waals surface area contributed by atoms with E-state index in [1.54, 1.807) is 0 Å². The van der Waals surface area contributed by atoms with Crippen molar-refractivity contribution in [2.75, 3.05) is 13.1 Å². The first-order chi connectivity index (χ1) is 13.5. The van der Waals surface area contributed by atoms with Crippen molar-refractivity contribution in [1.29, 1.82) is 0 Å². The maximum absolute atomic E-state index is 12.7. The van der Waals surface area contributed by atoms with Gasteiger partial charge in [0.25, 0.3) is 0 Å². The van der Waals surface area contributed by atoms with Gasteiger partial charge in [-0.05, 0) is 71.9 Å². The molecule has 1 fully saturated rings. The van der Waals surface area contributed by atoms with Crippen LogP contribution in [0.2, 0.25) is 0 Å². The number of hydrogen-bond donors (Lipinski definition) is 1. The third-order valence-corrected chi connectivity index (χ3v) is 6.05. The third kappa shape index (κ3) is 4.14. The lowest BCUT2D eigenvalue weighted by atomic mass is 9.95. The molecule has 0 bridgehead atoms. The van der Waals surface area contributed by atoms with Crippen LogP contribution in [0, 0.1) is 26.7 Å². The summed E-state index contributed by atoms with van der Waals surface area (Å²) in [7, 11) is 0. The van der Waals surface area contributed by atoms with Crippen LogP contribution >= 0.6 is 0 Å². The number of rotatable bonds is 4. The summed E-state index contributed by atoms with van der Waals surface area (Å²) in [5.41, 5.74) is 10.4. The van der Waals surface area contributed by atoms with Gasteiger partial charge in [-0.2, -0.15) is 5.10 Å². The molecule has 2 N–H and O–H groups in total. The highest BCUT2D eigenvalue weighted by molar-refractivity contribution is 5.84. The molecule has 3 rings (SSSR count). The second-order valence-corrected chi connectivity index (χ2v) is 9.22. The quantitative estimate of drug-likeness (QED) is 0.855. The van der Waals surface area contributed by atoms with E-state index < -0.39 is 0 Å². The molecule has 0 saturated carbocycles. The highest BCUT2D eigenvalue weighted by Crippen LogP contribution is 2.30. The van der Waals surface area contributed by atoms with E-state index in [0.717, 1.165) is 28.0 Å². The van der Waals surface area contributed by atoms with Crippen LogP contribution in [0.15, 0.2) is 0 Å². The lowest BCUT2D eigenvalue weighted by Gasteiger charge is -2.30. The zero-order valence-corrected chi connectivity index (χ0v) is 18.5. The van der Waals surface area contributed by atoms with Gasteiger partial charge in [0.05, 0.1) is 11.2 Å². The van der Waals surface area contributed by atoms with E-state index in [0.29, 0.717) is 38.8 Å². The van der Waals surface area contributed by atoms with Crippen molar-refractivity contribution < 1.29 is 9.59 Å². The Morgan fingerprint density at radius 1 is 1.10 bits per heavy atom. The number of likely N-dealkylation sites (tertiary alicyclic amines) is 1. The molecule has 7 heteroatoms. The Labute approximate surface area is 172 Å². The fraction of sp³-hybridized carbons (Fsp3) is 0.636. The minimum absolute atomic E-state index is 0.0996. The molecule has 0 spiro atoms. The predicted molar refractivity (Wildman–Crippen MR) is 114 cm³/mol. The van der Waals surface area contributed by atoms with Gasteiger partial charge in [0, 0.05) is 36.5 Å². The smallest absolute Gasteiger partial charge is 0.222 e. The number of aryl methyl sites for hydroxylation is 3. The highest BCUT2D eigenvalue weighted by atomic mass is 16.2. The minimum atomic E-state index is -0.256. The Kier molecular flexibility index (Phi) is 5.70. The van der Waals surface area contributed by atoms with Gasteiger partial charge in [-0.25, -0.2) is 9.67 Å². The fourth-order valence-corrected chi connectivity index (χ4v) is 4.35. The number of aromatic nitrogens is 3. The van der Waals surface area contributed by atoms with Gasteiger partial charge < -0.3 is 10.6 Å². The van der Waals surface area contributed by atoms with E-state index >= 15 is 0 Å². The van der Waals surface area contributed by atoms with Crippen molar-refractivity contribution in [1.82, 2.24) is 19.7 Å². The summed E-state index contributed by atoms with van der Waals surface area (Å²) < 4.78 is 2.00. The predicted octanol–water partition coefficient (Wildman–Crippen LogP) is 2.77. The number of carbonyl (C=O) groups excluding carboxylic acids is 2. The number of carbonyl (C=O) groups is 2. The van der Waals surface area contributed by atoms with Gasteiger partial charge in [-0.15, -0.1) is 0 Å². The Balaban J connectivity index is 1.78. The number of nitrogens with zero attached hydrogens (tertiary/aromatic N) is 4. The second kappa shape index (κ2) is 7.76. The van der Waals surface area contributed by atoms with Crippen LogP contribution in [0.25, 0.3) is 11.0 Å². The van der Waals surface area contributed by atoms with Crippen molar-refractivity contribution in [2.45, 2.75) is 72.8 Å². The summed E-state index contributed by atoms with van der Waals surface area (Å²) in [6.07, 6.45) is 2.44. The lowest BCUT2D eigenvalue weighted by molar-refractivity contribution is -0.134. The monoisotopic (exact) mass is 399 g/mol. The summed E-state index contributed by atoms with van der Waals surface area (Å²) in [5.74, 6) is -0.222. The topological polar surface area (TPSA) is 94.1 Å². The molecule has 3 heterocycles. The summed E-state index contributed by atoms with van der Waals surface area (Å²) in [6.45, 7) is 13.7. The maximum Gasteiger partial charge on any atom is 0.222 e. The second-order valence-electron chi connectivity index (χ2n) is 9.22. The number of pyridine rings is 1. The molecule has 0 aromatic carbocycles. The summed E-state index contributed by atoms with van der Waals surface area (Å²) in [5, 5.41) is 5.83. The first-order valence-electron chi connectivity index (χ1n) is 10.4. The largest absolute Gasteiger partial charge is 0.369 e. The summed E-state index contributed by atoms with van der Waals surface area (Å²) in [4.78, 5) is 30.8. The van der Waals surface area contributed by atoms with E-state index in [4.69, 9.17) is 15.8 Å². The van der Waals surface area contributed by atoms with Gasteiger partial charge in [0.1, 0.15) is 0 Å². The first kappa shape index (κ1) is 21.3. The number of nitrogens with two attached hydrogens (primary N) is 1. The molecule has 0 atom stereocenters. The average Bonchev–Trinajstić information content (AvgIpc) is 2.98. The van der Waals surface area contributed by atoms with Crippen molar-refractivity contribution in [3.8, 4) is 0 Å². The first-order valence-corrected chi connectivity index (χ1v) is 10.4. The number of hydrogen-bond acceptors (Lipinski definition) is 4. The average molecular weight is 400 g/mol. The van der Waals surface area contributed by atoms with E-state index in [1.165, 1.54) is 5.56 Å². The van der Waals surface area contributed by atoms with Crippen molar-refractivity contribution in [2.24, 2.45) is 11.7 Å². The van der Waals surface area contributed by atoms with E-state index in [2.05, 4.69) is 27.7 Å². The molecule has 1 aliphatic heterocycles. The summed E-state index contributed by atoms with van der Waals surface area (Å²) in [6, 6.07) is 0. The van der Waals surface area contributed by atoms with Crippen LogP contribution < -0.4 is 5.73 Å². The molecule has 158 valence electrons. The minimum Gasteiger partial charge on any atom is -0.369 e. The molecule has 0 aliphatic carbocycles. The van der Waals surface area contributed by atoms with Gasteiger partial charge >= 0.3 is 0 Å². The molecule has 2 aromatic rings. The molecular formula is C22H33N5O2. The Bertz CT molecular complexity index is 946. The molecule has 7 nitrogen and oxygen atoms in total. The van der Waals surface area contributed by atoms with Crippen molar-refractivity contribution in [3.63, 3.8) is 0 Å². The number of primary amides is 1. The molecular weight excluding hydrogens is 366 g/mol. The molecule has 1 aliphatic rings. The van der Waals surface area contributed by atoms with Crippen LogP contribution in [-0.2, 0) is 21.5 Å². The summed E-state index contributed by atoms with van der Waals surface area (Å²) >= 11 is 0. The van der Waals surface area contributed by atoms with Crippen LogP contribution in [-0.4, -0.2) is 44.6 Å². The third-order valence-electron chi connectivity index (χ3n) is 6.05. The van der Waals surface area contributed by atoms with Gasteiger partial charge in [-0.1, -0.05) is 0 Å². The SMILES string of the molecule is Cc1nc2c(c(C)nn2C(C)(C)C)c(C)c1CCC(=O)N1CCC(C(N)=O)CC1. The Morgan fingerprint density at radius 3 is 2.28 bits per heavy atom. The van der Waals surface area contributed by atoms with E-state index in [1.807, 2.05) is 23.4 Å². The normalized spacial score (nSPS) is 15.9. The molecule has 1 saturated heterocycles. The lowest BCUT2D eigenvalue weighted by Crippen LogP contribution is -2.41. The van der Waals surface area contributed by atoms with Crippen LogP contribution in [0.1, 0.15) is 62.5 Å². The van der Waals surface area contributed by atoms with Crippen LogP contribution in [0.5, 0.6) is 0 Å². The molecule has 2 amide bonds. The van der Waals surface area contributed by atoms with E-state index in [9.17, 15) is 9.59 Å². The molecule has 0 radical (unpaired) electrons. The molecule has 0 unspecified atom stereocenters. The zero-order chi connectivity index (χ0) is 21.5. The van der Waals surface area contributed by atoms with Crippen molar-refractivity contribution >= 4 is 22.8 Å². The molecule has 2 aromatic heterocycles. The van der Waals surface area contributed by atoms with Gasteiger partial charge in [-0.3, -0.25) is 9.59 Å². The van der Waals surface area contributed by atoms with Crippen LogP contribution in [0.4, 0.5) is 0 Å². The fourth-order valence-electron chi connectivity index (χ4n) is 4.35. The van der Waals surface area contributed by atoms with E-state index in [-0.39, 0.29) is 23.3 Å². The number of amides is 2. The van der Waals surface area contributed by atoms with Crippen LogP contribution in [0.3, 0.4) is 0 Å².